The van der Waals surface area contributed by atoms with Crippen molar-refractivity contribution < 1.29 is 4.79 Å². The first kappa shape index (κ1) is 16.6. The fourth-order valence-corrected chi connectivity index (χ4v) is 3.19. The van der Waals surface area contributed by atoms with Crippen molar-refractivity contribution in [3.05, 3.63) is 40.0 Å². The van der Waals surface area contributed by atoms with E-state index in [0.717, 1.165) is 52.6 Å². The highest BCUT2D eigenvalue weighted by atomic mass is 79.9. The predicted octanol–water partition coefficient (Wildman–Crippen LogP) is 3.49. The van der Waals surface area contributed by atoms with Crippen LogP contribution in [0.5, 0.6) is 0 Å². The highest BCUT2D eigenvalue weighted by molar-refractivity contribution is 9.10. The van der Waals surface area contributed by atoms with Gasteiger partial charge >= 0.3 is 0 Å². The molecule has 0 atom stereocenters. The molecule has 2 heterocycles. The third kappa shape index (κ3) is 3.52. The number of rotatable bonds is 1. The number of likely N-dealkylation sites (tertiary alicyclic amines) is 1. The van der Waals surface area contributed by atoms with Crippen molar-refractivity contribution in [2.24, 2.45) is 0 Å². The van der Waals surface area contributed by atoms with Crippen molar-refractivity contribution in [1.82, 2.24) is 9.88 Å². The molecule has 1 aromatic heterocycles. The standard InChI is InChI=1S/C16H16BrN3.CH2O/c1-20-6-4-11(5-7-20)16-13(10-18)8-12-2-3-14(17)9-15(12)19-16;1-2/h2-3,8-9,11H,4-7H2,1H3;1H2. The van der Waals surface area contributed by atoms with Gasteiger partial charge in [-0.3, -0.25) is 4.98 Å². The lowest BCUT2D eigenvalue weighted by Gasteiger charge is -2.29. The van der Waals surface area contributed by atoms with E-state index in [-0.39, 0.29) is 0 Å². The minimum absolute atomic E-state index is 0.407. The largest absolute Gasteiger partial charge is 0.307 e. The van der Waals surface area contributed by atoms with E-state index in [9.17, 15) is 5.26 Å². The molecule has 3 rings (SSSR count). The second kappa shape index (κ2) is 7.48. The van der Waals surface area contributed by atoms with Crippen molar-refractivity contribution in [2.75, 3.05) is 20.1 Å². The zero-order valence-corrected chi connectivity index (χ0v) is 14.1. The van der Waals surface area contributed by atoms with Gasteiger partial charge in [-0.05, 0) is 51.2 Å². The maximum atomic E-state index is 9.41. The van der Waals surface area contributed by atoms with Gasteiger partial charge in [-0.2, -0.15) is 5.26 Å². The zero-order chi connectivity index (χ0) is 16.1. The van der Waals surface area contributed by atoms with Gasteiger partial charge in [0.25, 0.3) is 0 Å². The normalized spacial score (nSPS) is 15.9. The van der Waals surface area contributed by atoms with E-state index in [2.05, 4.69) is 33.9 Å². The number of nitrogens with zero attached hydrogens (tertiary/aromatic N) is 3. The quantitative estimate of drug-likeness (QED) is 0.781. The third-order valence-electron chi connectivity index (χ3n) is 4.03. The molecule has 0 N–H and O–H groups in total. The van der Waals surface area contributed by atoms with Gasteiger partial charge in [-0.1, -0.05) is 22.0 Å². The topological polar surface area (TPSA) is 57.0 Å². The number of nitriles is 1. The molecule has 1 fully saturated rings. The molecule has 2 aromatic rings. The summed E-state index contributed by atoms with van der Waals surface area (Å²) in [6.45, 7) is 4.15. The fraction of sp³-hybridized carbons (Fsp3) is 0.353. The van der Waals surface area contributed by atoms with Crippen molar-refractivity contribution in [3.63, 3.8) is 0 Å². The molecule has 0 amide bonds. The lowest BCUT2D eigenvalue weighted by Crippen LogP contribution is -2.29. The highest BCUT2D eigenvalue weighted by Crippen LogP contribution is 2.31. The van der Waals surface area contributed by atoms with Crippen LogP contribution in [0.3, 0.4) is 0 Å². The molecule has 1 aliphatic rings. The Bertz CT molecular complexity index is 703. The number of fused-ring (bicyclic) bond motifs is 1. The molecular formula is C17H18BrN3O. The van der Waals surface area contributed by atoms with Gasteiger partial charge in [0.1, 0.15) is 12.9 Å². The summed E-state index contributed by atoms with van der Waals surface area (Å²) < 4.78 is 1.02. The van der Waals surface area contributed by atoms with Gasteiger partial charge in [-0.25, -0.2) is 0 Å². The van der Waals surface area contributed by atoms with Crippen LogP contribution in [0.15, 0.2) is 28.7 Å². The molecule has 0 aliphatic carbocycles. The summed E-state index contributed by atoms with van der Waals surface area (Å²) in [6.07, 6.45) is 2.16. The minimum Gasteiger partial charge on any atom is -0.307 e. The van der Waals surface area contributed by atoms with Gasteiger partial charge in [-0.15, -0.1) is 0 Å². The van der Waals surface area contributed by atoms with Gasteiger partial charge in [0.05, 0.1) is 16.8 Å². The van der Waals surface area contributed by atoms with E-state index < -0.39 is 0 Å². The Kier molecular flexibility index (Phi) is 5.64. The van der Waals surface area contributed by atoms with E-state index in [4.69, 9.17) is 9.78 Å². The van der Waals surface area contributed by atoms with Gasteiger partial charge in [0.15, 0.2) is 0 Å². The number of piperidine rings is 1. The van der Waals surface area contributed by atoms with Crippen molar-refractivity contribution >= 4 is 33.6 Å². The van der Waals surface area contributed by atoms with Crippen LogP contribution in [0.1, 0.15) is 30.0 Å². The number of aromatic nitrogens is 1. The molecule has 0 unspecified atom stereocenters. The number of pyridine rings is 1. The molecule has 1 aromatic carbocycles. The summed E-state index contributed by atoms with van der Waals surface area (Å²) in [4.78, 5) is 15.1. The first-order chi connectivity index (χ1) is 10.7. The summed E-state index contributed by atoms with van der Waals surface area (Å²) in [7, 11) is 2.15. The van der Waals surface area contributed by atoms with E-state index in [1.165, 1.54) is 0 Å². The van der Waals surface area contributed by atoms with E-state index in [0.29, 0.717) is 5.92 Å². The van der Waals surface area contributed by atoms with E-state index >= 15 is 0 Å². The maximum Gasteiger partial charge on any atom is 0.106 e. The molecule has 22 heavy (non-hydrogen) atoms. The van der Waals surface area contributed by atoms with Crippen LogP contribution in [0.2, 0.25) is 0 Å². The number of carbonyl (C=O) groups is 1. The van der Waals surface area contributed by atoms with Crippen LogP contribution >= 0.6 is 15.9 Å². The lowest BCUT2D eigenvalue weighted by molar-refractivity contribution is -0.0979. The van der Waals surface area contributed by atoms with Crippen molar-refractivity contribution in [3.8, 4) is 6.07 Å². The smallest absolute Gasteiger partial charge is 0.106 e. The lowest BCUT2D eigenvalue weighted by atomic mass is 9.90. The number of carbonyl (C=O) groups excluding carboxylic acids is 1. The van der Waals surface area contributed by atoms with E-state index in [1.807, 2.05) is 31.1 Å². The molecule has 0 radical (unpaired) electrons. The maximum absolute atomic E-state index is 9.41. The Balaban J connectivity index is 0.000000847. The monoisotopic (exact) mass is 359 g/mol. The molecule has 1 aliphatic heterocycles. The Morgan fingerprint density at radius 2 is 2.00 bits per heavy atom. The van der Waals surface area contributed by atoms with Crippen LogP contribution in [0.4, 0.5) is 0 Å². The van der Waals surface area contributed by atoms with Crippen LogP contribution in [-0.4, -0.2) is 36.8 Å². The summed E-state index contributed by atoms with van der Waals surface area (Å²) in [5.41, 5.74) is 2.67. The van der Waals surface area contributed by atoms with Gasteiger partial charge in [0.2, 0.25) is 0 Å². The second-order valence-electron chi connectivity index (χ2n) is 5.45. The molecule has 0 bridgehead atoms. The van der Waals surface area contributed by atoms with Crippen LogP contribution in [0, 0.1) is 11.3 Å². The SMILES string of the molecule is C=O.CN1CCC(c2nc3cc(Br)ccc3cc2C#N)CC1. The zero-order valence-electron chi connectivity index (χ0n) is 12.6. The third-order valence-corrected chi connectivity index (χ3v) is 4.53. The van der Waals surface area contributed by atoms with E-state index in [1.54, 1.807) is 0 Å². The molecule has 4 nitrogen and oxygen atoms in total. The first-order valence-electron chi connectivity index (χ1n) is 7.15. The summed E-state index contributed by atoms with van der Waals surface area (Å²) in [5.74, 6) is 0.407. The summed E-state index contributed by atoms with van der Waals surface area (Å²) in [5, 5.41) is 10.4. The average Bonchev–Trinajstić information content (AvgIpc) is 2.56. The number of benzene rings is 1. The highest BCUT2D eigenvalue weighted by Gasteiger charge is 2.22. The minimum atomic E-state index is 0.407. The van der Waals surface area contributed by atoms with Gasteiger partial charge in [0, 0.05) is 15.8 Å². The van der Waals surface area contributed by atoms with Crippen LogP contribution in [0.25, 0.3) is 10.9 Å². The first-order valence-corrected chi connectivity index (χ1v) is 7.94. The van der Waals surface area contributed by atoms with Crippen molar-refractivity contribution in [2.45, 2.75) is 18.8 Å². The predicted molar refractivity (Wildman–Crippen MR) is 90.8 cm³/mol. The Labute approximate surface area is 138 Å². The molecule has 5 heteroatoms. The summed E-state index contributed by atoms with van der Waals surface area (Å²) in [6, 6.07) is 10.3. The van der Waals surface area contributed by atoms with Gasteiger partial charge < -0.3 is 9.69 Å². The van der Waals surface area contributed by atoms with Crippen LogP contribution in [-0.2, 0) is 4.79 Å². The molecule has 1 saturated heterocycles. The Hall–Kier alpha value is -1.77. The fourth-order valence-electron chi connectivity index (χ4n) is 2.84. The molecule has 0 saturated carbocycles. The number of hydrogen-bond donors (Lipinski definition) is 0. The number of hydrogen-bond acceptors (Lipinski definition) is 4. The Morgan fingerprint density at radius 1 is 1.32 bits per heavy atom. The molecule has 0 spiro atoms. The van der Waals surface area contributed by atoms with Crippen LogP contribution < -0.4 is 0 Å². The Morgan fingerprint density at radius 3 is 2.64 bits per heavy atom. The summed E-state index contributed by atoms with van der Waals surface area (Å²) >= 11 is 3.48. The molecule has 114 valence electrons. The van der Waals surface area contributed by atoms with Crippen molar-refractivity contribution in [1.29, 1.82) is 5.26 Å². The second-order valence-corrected chi connectivity index (χ2v) is 6.36. The average molecular weight is 360 g/mol. The molecular weight excluding hydrogens is 342 g/mol. The number of halogens is 1.